The molecule has 0 radical (unpaired) electrons. The molecule has 0 aromatic carbocycles. The van der Waals surface area contributed by atoms with E-state index >= 15 is 0 Å². The van der Waals surface area contributed by atoms with Crippen LogP contribution in [-0.2, 0) is 32.7 Å². The molecular formula is C66H116NO8P. The number of quaternary nitrogens is 1. The molecule has 10 heteroatoms. The van der Waals surface area contributed by atoms with E-state index in [2.05, 4.69) is 105 Å². The Bertz CT molecular complexity index is 1600. The van der Waals surface area contributed by atoms with E-state index in [1.807, 2.05) is 27.2 Å². The maximum atomic E-state index is 12.8. The Morgan fingerprint density at radius 3 is 1.17 bits per heavy atom. The van der Waals surface area contributed by atoms with Crippen LogP contribution in [0.4, 0.5) is 0 Å². The predicted molar refractivity (Wildman–Crippen MR) is 323 cm³/mol. The third kappa shape index (κ3) is 60.2. The molecule has 0 aromatic rings. The number of phosphoric acid groups is 1. The van der Waals surface area contributed by atoms with Crippen molar-refractivity contribution in [3.63, 3.8) is 0 Å². The fraction of sp³-hybridized carbons (Fsp3) is 0.727. The summed E-state index contributed by atoms with van der Waals surface area (Å²) >= 11 is 0. The molecule has 0 saturated carbocycles. The molecule has 0 aliphatic rings. The summed E-state index contributed by atoms with van der Waals surface area (Å²) in [5.41, 5.74) is 0. The van der Waals surface area contributed by atoms with Crippen LogP contribution in [0.15, 0.2) is 97.2 Å². The van der Waals surface area contributed by atoms with Crippen LogP contribution in [0.3, 0.4) is 0 Å². The number of esters is 2. The van der Waals surface area contributed by atoms with Crippen LogP contribution in [0, 0.1) is 0 Å². The SMILES string of the molecule is CC/C=C\C/C=C\C/C=C\C/C=C\C/C=C\C/C=C\C/C=C\CCCC(=O)OC(COC(=O)CCCCCCCCCCCCCCCCCCC/C=C\CCCCCCCCCC)COP(=O)([O-])OCC[N+](C)(C)C. The van der Waals surface area contributed by atoms with Crippen molar-refractivity contribution >= 4 is 19.8 Å². The normalized spacial score (nSPS) is 13.9. The molecule has 0 rings (SSSR count). The van der Waals surface area contributed by atoms with Crippen LogP contribution < -0.4 is 4.89 Å². The maximum absolute atomic E-state index is 12.8. The van der Waals surface area contributed by atoms with Crippen molar-refractivity contribution in [3.8, 4) is 0 Å². The van der Waals surface area contributed by atoms with Crippen molar-refractivity contribution in [2.45, 2.75) is 264 Å². The number of ether oxygens (including phenoxy) is 2. The average Bonchev–Trinajstić information content (AvgIpc) is 3.38. The van der Waals surface area contributed by atoms with Crippen LogP contribution in [0.5, 0.6) is 0 Å². The van der Waals surface area contributed by atoms with Crippen molar-refractivity contribution in [2.24, 2.45) is 0 Å². The third-order valence-electron chi connectivity index (χ3n) is 13.1. The van der Waals surface area contributed by atoms with E-state index in [4.69, 9.17) is 18.5 Å². The van der Waals surface area contributed by atoms with Gasteiger partial charge in [-0.25, -0.2) is 0 Å². The van der Waals surface area contributed by atoms with Gasteiger partial charge in [0.15, 0.2) is 6.10 Å². The Kier molecular flexibility index (Phi) is 54.4. The minimum absolute atomic E-state index is 0.0458. The van der Waals surface area contributed by atoms with Gasteiger partial charge in [-0.1, -0.05) is 252 Å². The molecule has 0 spiro atoms. The first-order valence-corrected chi connectivity index (χ1v) is 32.4. The largest absolute Gasteiger partial charge is 0.756 e. The zero-order valence-electron chi connectivity index (χ0n) is 49.7. The number of hydrogen-bond acceptors (Lipinski definition) is 8. The molecule has 0 saturated heterocycles. The monoisotopic (exact) mass is 1080 g/mol. The van der Waals surface area contributed by atoms with Crippen molar-refractivity contribution in [3.05, 3.63) is 97.2 Å². The molecule has 0 fully saturated rings. The summed E-state index contributed by atoms with van der Waals surface area (Å²) in [6.07, 6.45) is 77.7. The highest BCUT2D eigenvalue weighted by Crippen LogP contribution is 2.38. The zero-order valence-corrected chi connectivity index (χ0v) is 50.6. The Labute approximate surface area is 468 Å². The summed E-state index contributed by atoms with van der Waals surface area (Å²) in [6, 6.07) is 0. The molecule has 0 aliphatic heterocycles. The van der Waals surface area contributed by atoms with Gasteiger partial charge in [-0.05, 0) is 89.9 Å². The fourth-order valence-corrected chi connectivity index (χ4v) is 9.08. The van der Waals surface area contributed by atoms with Crippen molar-refractivity contribution in [1.82, 2.24) is 0 Å². The predicted octanol–water partition coefficient (Wildman–Crippen LogP) is 19.0. The van der Waals surface area contributed by atoms with E-state index in [1.54, 1.807) is 0 Å². The average molecular weight is 1080 g/mol. The lowest BCUT2D eigenvalue weighted by molar-refractivity contribution is -0.870. The molecule has 0 aliphatic carbocycles. The third-order valence-corrected chi connectivity index (χ3v) is 14.1. The second-order valence-corrected chi connectivity index (χ2v) is 23.1. The number of nitrogens with zero attached hydrogens (tertiary/aromatic N) is 1. The van der Waals surface area contributed by atoms with Crippen LogP contribution in [0.2, 0.25) is 0 Å². The topological polar surface area (TPSA) is 111 Å². The number of rotatable bonds is 56. The van der Waals surface area contributed by atoms with E-state index in [-0.39, 0.29) is 26.1 Å². The minimum atomic E-state index is -4.66. The number of carbonyl (C=O) groups is 2. The van der Waals surface area contributed by atoms with E-state index in [1.165, 1.54) is 154 Å². The van der Waals surface area contributed by atoms with Gasteiger partial charge in [0.1, 0.15) is 19.8 Å². The number of unbranched alkanes of at least 4 members (excludes halogenated alkanes) is 26. The van der Waals surface area contributed by atoms with E-state index in [0.29, 0.717) is 23.9 Å². The van der Waals surface area contributed by atoms with Crippen LogP contribution in [0.25, 0.3) is 0 Å². The molecule has 438 valence electrons. The van der Waals surface area contributed by atoms with Gasteiger partial charge < -0.3 is 27.9 Å². The fourth-order valence-electron chi connectivity index (χ4n) is 8.35. The van der Waals surface area contributed by atoms with Gasteiger partial charge >= 0.3 is 11.9 Å². The van der Waals surface area contributed by atoms with Crippen molar-refractivity contribution in [1.29, 1.82) is 0 Å². The highest BCUT2D eigenvalue weighted by Gasteiger charge is 2.21. The first-order chi connectivity index (χ1) is 37.0. The Hall–Kier alpha value is -3.07. The van der Waals surface area contributed by atoms with Gasteiger partial charge in [0.25, 0.3) is 7.82 Å². The number of allylic oxidation sites excluding steroid dienone is 16. The zero-order chi connectivity index (χ0) is 55.6. The summed E-state index contributed by atoms with van der Waals surface area (Å²) in [5.74, 6) is -0.902. The highest BCUT2D eigenvalue weighted by molar-refractivity contribution is 7.45. The lowest BCUT2D eigenvalue weighted by atomic mass is 10.0. The molecule has 2 unspecified atom stereocenters. The molecule has 0 heterocycles. The smallest absolute Gasteiger partial charge is 0.306 e. The molecule has 0 bridgehead atoms. The van der Waals surface area contributed by atoms with Gasteiger partial charge in [-0.15, -0.1) is 0 Å². The molecular weight excluding hydrogens is 966 g/mol. The van der Waals surface area contributed by atoms with Crippen molar-refractivity contribution in [2.75, 3.05) is 47.5 Å². The summed E-state index contributed by atoms with van der Waals surface area (Å²) < 4.78 is 34.1. The number of likely N-dealkylation sites (N-methyl/N-ethyl adjacent to an activating group) is 1. The summed E-state index contributed by atoms with van der Waals surface area (Å²) in [5, 5.41) is 0. The molecule has 0 aromatic heterocycles. The Morgan fingerprint density at radius 1 is 0.421 bits per heavy atom. The lowest BCUT2D eigenvalue weighted by Crippen LogP contribution is -2.37. The molecule has 2 atom stereocenters. The van der Waals surface area contributed by atoms with E-state index in [0.717, 1.165) is 64.2 Å². The highest BCUT2D eigenvalue weighted by atomic mass is 31.2. The number of hydrogen-bond donors (Lipinski definition) is 0. The van der Waals surface area contributed by atoms with Gasteiger partial charge in [0.05, 0.1) is 27.7 Å². The van der Waals surface area contributed by atoms with E-state index in [9.17, 15) is 19.0 Å². The van der Waals surface area contributed by atoms with Crippen LogP contribution >= 0.6 is 7.82 Å². The van der Waals surface area contributed by atoms with Gasteiger partial charge in [0, 0.05) is 12.8 Å². The summed E-state index contributed by atoms with van der Waals surface area (Å²) in [6.45, 7) is 4.07. The summed E-state index contributed by atoms with van der Waals surface area (Å²) in [7, 11) is 1.12. The lowest BCUT2D eigenvalue weighted by Gasteiger charge is -2.28. The summed E-state index contributed by atoms with van der Waals surface area (Å²) in [4.78, 5) is 37.9. The molecule has 0 N–H and O–H groups in total. The second kappa shape index (κ2) is 56.6. The molecule has 9 nitrogen and oxygen atoms in total. The van der Waals surface area contributed by atoms with Crippen LogP contribution in [0.1, 0.15) is 258 Å². The van der Waals surface area contributed by atoms with Crippen molar-refractivity contribution < 1.29 is 42.1 Å². The molecule has 76 heavy (non-hydrogen) atoms. The first-order valence-electron chi connectivity index (χ1n) is 30.9. The van der Waals surface area contributed by atoms with Gasteiger partial charge in [-0.3, -0.25) is 14.2 Å². The first kappa shape index (κ1) is 72.9. The van der Waals surface area contributed by atoms with Gasteiger partial charge in [-0.2, -0.15) is 0 Å². The van der Waals surface area contributed by atoms with Gasteiger partial charge in [0.2, 0.25) is 0 Å². The standard InChI is InChI=1S/C66H116NO8P/c1-6-8-10-12-14-16-18-20-22-24-26-28-30-31-32-33-34-35-37-38-40-42-44-46-48-50-52-54-56-58-65(68)72-62-64(63-74-76(70,71)73-61-60-67(3,4)5)75-66(69)59-57-55-53-51-49-47-45-43-41-39-36-29-27-25-23-21-19-17-15-13-11-9-7-2/h9,11,15,17,21,23-24,26-27,29,39,41,45,47,51,53,64H,6-8,10,12-14,16,18-20,22,25,28,30-38,40,42-44,46,48-50,52,54-63H2,1-5H3/b11-9-,17-15-,23-21-,26-24-,29-27-,41-39-,47-45-,53-51-. The minimum Gasteiger partial charge on any atom is -0.756 e. The quantitative estimate of drug-likeness (QED) is 0.0195. The second-order valence-electron chi connectivity index (χ2n) is 21.7. The van der Waals surface area contributed by atoms with E-state index < -0.39 is 32.5 Å². The van der Waals surface area contributed by atoms with Crippen LogP contribution in [-0.4, -0.2) is 70.0 Å². The molecule has 0 amide bonds. The number of carbonyl (C=O) groups excluding carboxylic acids is 2. The Balaban J connectivity index is 4.19. The number of phosphoric ester groups is 1. The maximum Gasteiger partial charge on any atom is 0.306 e. The Morgan fingerprint density at radius 2 is 0.763 bits per heavy atom.